The van der Waals surface area contributed by atoms with E-state index < -0.39 is 0 Å². The van der Waals surface area contributed by atoms with Crippen LogP contribution in [0.2, 0.25) is 0 Å². The predicted octanol–water partition coefficient (Wildman–Crippen LogP) is 5.41. The lowest BCUT2D eigenvalue weighted by Crippen LogP contribution is -2.10. The number of hydrogen-bond donors (Lipinski definition) is 0. The number of aromatic nitrogens is 2. The number of rotatable bonds is 6. The van der Waals surface area contributed by atoms with E-state index in [-0.39, 0.29) is 0 Å². The molecule has 0 saturated carbocycles. The van der Waals surface area contributed by atoms with Gasteiger partial charge >= 0.3 is 0 Å². The third-order valence-corrected chi connectivity index (χ3v) is 4.95. The van der Waals surface area contributed by atoms with Crippen molar-refractivity contribution in [3.63, 3.8) is 0 Å². The fraction of sp³-hybridized carbons (Fsp3) is 0.208. The van der Waals surface area contributed by atoms with Gasteiger partial charge in [-0.15, -0.1) is 0 Å². The van der Waals surface area contributed by atoms with Crippen molar-refractivity contribution in [2.45, 2.75) is 20.4 Å². The molecule has 28 heavy (non-hydrogen) atoms. The van der Waals surface area contributed by atoms with Crippen LogP contribution in [0.4, 0.5) is 0 Å². The molecule has 0 aliphatic rings. The molecule has 3 aromatic carbocycles. The quantitative estimate of drug-likeness (QED) is 0.454. The molecule has 0 bridgehead atoms. The smallest absolute Gasteiger partial charge is 0.141 e. The van der Waals surface area contributed by atoms with E-state index >= 15 is 0 Å². The molecule has 0 aliphatic heterocycles. The Balaban J connectivity index is 1.67. The van der Waals surface area contributed by atoms with Crippen molar-refractivity contribution in [1.82, 2.24) is 9.55 Å². The molecule has 4 rings (SSSR count). The molecule has 0 saturated heterocycles. The van der Waals surface area contributed by atoms with Crippen molar-refractivity contribution in [2.24, 2.45) is 0 Å². The van der Waals surface area contributed by atoms with Crippen molar-refractivity contribution < 1.29 is 9.47 Å². The lowest BCUT2D eigenvalue weighted by atomic mass is 10.1. The van der Waals surface area contributed by atoms with Crippen LogP contribution < -0.4 is 9.47 Å². The fourth-order valence-electron chi connectivity index (χ4n) is 3.55. The van der Waals surface area contributed by atoms with Gasteiger partial charge < -0.3 is 14.0 Å². The van der Waals surface area contributed by atoms with E-state index in [4.69, 9.17) is 14.5 Å². The molecule has 0 amide bonds. The molecule has 4 nitrogen and oxygen atoms in total. The number of ether oxygens (including phenoxy) is 2. The number of benzene rings is 3. The second-order valence-corrected chi connectivity index (χ2v) is 6.88. The summed E-state index contributed by atoms with van der Waals surface area (Å²) in [5, 5.41) is 0. The van der Waals surface area contributed by atoms with E-state index in [1.54, 1.807) is 7.11 Å². The lowest BCUT2D eigenvalue weighted by molar-refractivity contribution is 0.297. The Morgan fingerprint density at radius 3 is 2.43 bits per heavy atom. The van der Waals surface area contributed by atoms with E-state index in [2.05, 4.69) is 48.7 Å². The number of aryl methyl sites for hydroxylation is 2. The first-order valence-electron chi connectivity index (χ1n) is 9.46. The fourth-order valence-corrected chi connectivity index (χ4v) is 3.55. The number of fused-ring (bicyclic) bond motifs is 1. The Bertz CT molecular complexity index is 1090. The summed E-state index contributed by atoms with van der Waals surface area (Å²) in [6.45, 7) is 5.44. The maximum atomic E-state index is 6.15. The zero-order valence-corrected chi connectivity index (χ0v) is 16.5. The summed E-state index contributed by atoms with van der Waals surface area (Å²) < 4.78 is 13.8. The Hall–Kier alpha value is -3.27. The van der Waals surface area contributed by atoms with E-state index in [0.29, 0.717) is 13.2 Å². The lowest BCUT2D eigenvalue weighted by Gasteiger charge is -2.14. The van der Waals surface area contributed by atoms with E-state index in [1.165, 1.54) is 0 Å². The van der Waals surface area contributed by atoms with Crippen LogP contribution in [0.5, 0.6) is 11.5 Å². The second kappa shape index (κ2) is 7.77. The standard InChI is InChI=1S/C24H24N2O2/c1-17-8-6-9-18(2)23(17)28-15-14-26-22-13-5-4-12-21(22)25-24(26)19-10-7-11-20(16-19)27-3/h4-13,16H,14-15H2,1-3H3. The maximum Gasteiger partial charge on any atom is 0.141 e. The van der Waals surface area contributed by atoms with Crippen molar-refractivity contribution in [2.75, 3.05) is 13.7 Å². The Morgan fingerprint density at radius 1 is 0.893 bits per heavy atom. The number of methoxy groups -OCH3 is 1. The first-order chi connectivity index (χ1) is 13.7. The summed E-state index contributed by atoms with van der Waals surface area (Å²) in [6.07, 6.45) is 0. The highest BCUT2D eigenvalue weighted by Crippen LogP contribution is 2.28. The van der Waals surface area contributed by atoms with Gasteiger partial charge in [-0.05, 0) is 49.2 Å². The Labute approximate surface area is 165 Å². The normalized spacial score (nSPS) is 11.0. The van der Waals surface area contributed by atoms with Gasteiger partial charge in [0.25, 0.3) is 0 Å². The van der Waals surface area contributed by atoms with Gasteiger partial charge in [0.2, 0.25) is 0 Å². The SMILES string of the molecule is COc1cccc(-c2nc3ccccc3n2CCOc2c(C)cccc2C)c1. The molecule has 0 unspecified atom stereocenters. The van der Waals surface area contributed by atoms with Crippen molar-refractivity contribution in [1.29, 1.82) is 0 Å². The Morgan fingerprint density at radius 2 is 1.64 bits per heavy atom. The molecule has 142 valence electrons. The summed E-state index contributed by atoms with van der Waals surface area (Å²) in [5.74, 6) is 2.71. The molecule has 0 aliphatic carbocycles. The molecule has 0 N–H and O–H groups in total. The third-order valence-electron chi connectivity index (χ3n) is 4.95. The Kier molecular flexibility index (Phi) is 5.02. The van der Waals surface area contributed by atoms with Gasteiger partial charge in [-0.2, -0.15) is 0 Å². The second-order valence-electron chi connectivity index (χ2n) is 6.88. The average Bonchev–Trinajstić information content (AvgIpc) is 3.09. The molecular formula is C24H24N2O2. The topological polar surface area (TPSA) is 36.3 Å². The van der Waals surface area contributed by atoms with Gasteiger partial charge in [-0.3, -0.25) is 0 Å². The van der Waals surface area contributed by atoms with Crippen LogP contribution in [-0.4, -0.2) is 23.3 Å². The van der Waals surface area contributed by atoms with Crippen LogP contribution in [0.3, 0.4) is 0 Å². The number of hydrogen-bond acceptors (Lipinski definition) is 3. The third kappa shape index (κ3) is 3.46. The van der Waals surface area contributed by atoms with Crippen LogP contribution in [0, 0.1) is 13.8 Å². The van der Waals surface area contributed by atoms with Gasteiger partial charge in [-0.25, -0.2) is 4.98 Å². The molecule has 4 aromatic rings. The minimum atomic E-state index is 0.572. The summed E-state index contributed by atoms with van der Waals surface area (Å²) >= 11 is 0. The predicted molar refractivity (Wildman–Crippen MR) is 113 cm³/mol. The van der Waals surface area contributed by atoms with Crippen LogP contribution in [0.1, 0.15) is 11.1 Å². The van der Waals surface area contributed by atoms with Crippen LogP contribution in [0.25, 0.3) is 22.4 Å². The highest BCUT2D eigenvalue weighted by molar-refractivity contribution is 5.80. The first kappa shape index (κ1) is 18.1. The minimum Gasteiger partial charge on any atom is -0.497 e. The molecular weight excluding hydrogens is 348 g/mol. The summed E-state index contributed by atoms with van der Waals surface area (Å²) in [4.78, 5) is 4.87. The zero-order valence-electron chi connectivity index (χ0n) is 16.5. The highest BCUT2D eigenvalue weighted by Gasteiger charge is 2.13. The first-order valence-corrected chi connectivity index (χ1v) is 9.46. The van der Waals surface area contributed by atoms with Crippen molar-refractivity contribution in [3.05, 3.63) is 77.9 Å². The van der Waals surface area contributed by atoms with E-state index in [1.807, 2.05) is 36.4 Å². The monoisotopic (exact) mass is 372 g/mol. The molecule has 0 radical (unpaired) electrons. The molecule has 1 heterocycles. The van der Waals surface area contributed by atoms with E-state index in [9.17, 15) is 0 Å². The number of para-hydroxylation sites is 3. The minimum absolute atomic E-state index is 0.572. The van der Waals surface area contributed by atoms with Crippen LogP contribution in [-0.2, 0) is 6.54 Å². The number of nitrogens with zero attached hydrogens (tertiary/aromatic N) is 2. The summed E-state index contributed by atoms with van der Waals surface area (Å²) in [5.41, 5.74) is 5.42. The van der Waals surface area contributed by atoms with E-state index in [0.717, 1.165) is 45.0 Å². The van der Waals surface area contributed by atoms with Gasteiger partial charge in [0.1, 0.15) is 23.9 Å². The molecule has 0 atom stereocenters. The summed E-state index contributed by atoms with van der Waals surface area (Å²) in [7, 11) is 1.68. The van der Waals surface area contributed by atoms with Gasteiger partial charge in [0.05, 0.1) is 24.7 Å². The molecule has 1 aromatic heterocycles. The van der Waals surface area contributed by atoms with Crippen molar-refractivity contribution in [3.8, 4) is 22.9 Å². The van der Waals surface area contributed by atoms with Gasteiger partial charge in [0, 0.05) is 5.56 Å². The van der Waals surface area contributed by atoms with Crippen LogP contribution >= 0.6 is 0 Å². The molecule has 0 spiro atoms. The molecule has 0 fully saturated rings. The molecule has 4 heteroatoms. The van der Waals surface area contributed by atoms with Gasteiger partial charge in [-0.1, -0.05) is 42.5 Å². The maximum absolute atomic E-state index is 6.15. The average molecular weight is 372 g/mol. The number of imidazole rings is 1. The highest BCUT2D eigenvalue weighted by atomic mass is 16.5. The van der Waals surface area contributed by atoms with Gasteiger partial charge in [0.15, 0.2) is 0 Å². The van der Waals surface area contributed by atoms with Crippen molar-refractivity contribution >= 4 is 11.0 Å². The largest absolute Gasteiger partial charge is 0.497 e. The summed E-state index contributed by atoms with van der Waals surface area (Å²) in [6, 6.07) is 22.4. The van der Waals surface area contributed by atoms with Crippen LogP contribution in [0.15, 0.2) is 66.7 Å². The zero-order chi connectivity index (χ0) is 19.5.